The number of aromatic nitrogens is 2. The van der Waals surface area contributed by atoms with Gasteiger partial charge in [-0.25, -0.2) is 4.98 Å². The number of carbonyl (C=O) groups excluding carboxylic acids is 2. The molecular formula is C19H24N4O3S2. The number of aryl methyl sites for hydroxylation is 1. The number of para-hydroxylation sites is 1. The van der Waals surface area contributed by atoms with Crippen LogP contribution in [-0.2, 0) is 16.0 Å². The highest BCUT2D eigenvalue weighted by Crippen LogP contribution is 2.24. The van der Waals surface area contributed by atoms with Crippen molar-refractivity contribution in [2.75, 3.05) is 30.9 Å². The van der Waals surface area contributed by atoms with Crippen LogP contribution in [0.2, 0.25) is 0 Å². The molecule has 0 fully saturated rings. The summed E-state index contributed by atoms with van der Waals surface area (Å²) >= 11 is 2.69. The van der Waals surface area contributed by atoms with E-state index in [4.69, 9.17) is 0 Å². The maximum absolute atomic E-state index is 12.3. The van der Waals surface area contributed by atoms with E-state index in [9.17, 15) is 14.4 Å². The second-order valence-corrected chi connectivity index (χ2v) is 7.89. The van der Waals surface area contributed by atoms with Gasteiger partial charge in [-0.05, 0) is 24.8 Å². The van der Waals surface area contributed by atoms with Crippen LogP contribution >= 0.6 is 23.5 Å². The highest BCUT2D eigenvalue weighted by molar-refractivity contribution is 7.99. The fraction of sp³-hybridized carbons (Fsp3) is 0.368. The highest BCUT2D eigenvalue weighted by Gasteiger charge is 2.15. The molecule has 1 heterocycles. The zero-order valence-corrected chi connectivity index (χ0v) is 17.8. The molecule has 0 radical (unpaired) electrons. The lowest BCUT2D eigenvalue weighted by molar-refractivity contribution is -0.131. The summed E-state index contributed by atoms with van der Waals surface area (Å²) in [5, 5.41) is 3.24. The number of H-pyrrole nitrogens is 1. The normalized spacial score (nSPS) is 10.5. The first-order chi connectivity index (χ1) is 13.4. The maximum atomic E-state index is 12.3. The molecule has 2 rings (SSSR count). The molecule has 0 aliphatic heterocycles. The van der Waals surface area contributed by atoms with Gasteiger partial charge < -0.3 is 15.2 Å². The molecule has 150 valence electrons. The molecule has 0 spiro atoms. The summed E-state index contributed by atoms with van der Waals surface area (Å²) < 4.78 is 0. The minimum Gasteiger partial charge on any atom is -0.336 e. The van der Waals surface area contributed by atoms with E-state index in [0.29, 0.717) is 17.3 Å². The molecule has 0 unspecified atom stereocenters. The number of thioether (sulfide) groups is 2. The lowest BCUT2D eigenvalue weighted by Crippen LogP contribution is -2.36. The standard InChI is InChI=1S/C19H24N4O3S2/c1-4-7-13-10-16(24)22-19(20-13)28-12-18(26)23(2)11-17(25)21-14-8-5-6-9-15(14)27-3/h5-6,8-10H,4,7,11-12H2,1-3H3,(H,21,25)(H,20,22,24). The molecule has 28 heavy (non-hydrogen) atoms. The molecule has 1 aromatic heterocycles. The van der Waals surface area contributed by atoms with Crippen LogP contribution in [0.25, 0.3) is 0 Å². The quantitative estimate of drug-likeness (QED) is 0.478. The number of likely N-dealkylation sites (N-methyl/N-ethyl adjacent to an activating group) is 1. The SMILES string of the molecule is CCCc1cc(=O)[nH]c(SCC(=O)N(C)CC(=O)Nc2ccccc2SC)n1. The van der Waals surface area contributed by atoms with Crippen LogP contribution < -0.4 is 10.9 Å². The lowest BCUT2D eigenvalue weighted by Gasteiger charge is -2.17. The Hall–Kier alpha value is -2.26. The van der Waals surface area contributed by atoms with E-state index in [1.165, 1.54) is 22.7 Å². The van der Waals surface area contributed by atoms with Crippen molar-refractivity contribution in [3.05, 3.63) is 46.4 Å². The van der Waals surface area contributed by atoms with Gasteiger partial charge in [0.15, 0.2) is 5.16 Å². The van der Waals surface area contributed by atoms with E-state index < -0.39 is 0 Å². The number of carbonyl (C=O) groups is 2. The van der Waals surface area contributed by atoms with Crippen LogP contribution in [0.15, 0.2) is 45.2 Å². The molecule has 9 heteroatoms. The summed E-state index contributed by atoms with van der Waals surface area (Å²) in [6.45, 7) is 1.96. The Bertz CT molecular complexity index is 885. The van der Waals surface area contributed by atoms with Crippen LogP contribution in [0.3, 0.4) is 0 Å². The Morgan fingerprint density at radius 2 is 2.04 bits per heavy atom. The van der Waals surface area contributed by atoms with Gasteiger partial charge in [0.1, 0.15) is 0 Å². The van der Waals surface area contributed by atoms with E-state index in [1.807, 2.05) is 37.4 Å². The molecular weight excluding hydrogens is 396 g/mol. The smallest absolute Gasteiger partial charge is 0.251 e. The Labute approximate surface area is 172 Å². The van der Waals surface area contributed by atoms with Crippen molar-refractivity contribution in [3.8, 4) is 0 Å². The van der Waals surface area contributed by atoms with E-state index in [1.54, 1.807) is 7.05 Å². The molecule has 2 N–H and O–H groups in total. The van der Waals surface area contributed by atoms with Crippen molar-refractivity contribution in [2.45, 2.75) is 29.8 Å². The number of nitrogens with zero attached hydrogens (tertiary/aromatic N) is 2. The van der Waals surface area contributed by atoms with Gasteiger partial charge in [0, 0.05) is 23.7 Å². The van der Waals surface area contributed by atoms with Gasteiger partial charge in [0.2, 0.25) is 11.8 Å². The summed E-state index contributed by atoms with van der Waals surface area (Å²) in [6.07, 6.45) is 3.53. The molecule has 0 atom stereocenters. The molecule has 0 aliphatic rings. The molecule has 1 aromatic carbocycles. The van der Waals surface area contributed by atoms with Gasteiger partial charge in [-0.15, -0.1) is 11.8 Å². The van der Waals surface area contributed by atoms with Crippen molar-refractivity contribution < 1.29 is 9.59 Å². The van der Waals surface area contributed by atoms with Crippen molar-refractivity contribution in [1.29, 1.82) is 0 Å². The van der Waals surface area contributed by atoms with Crippen molar-refractivity contribution in [2.24, 2.45) is 0 Å². The zero-order valence-electron chi connectivity index (χ0n) is 16.2. The predicted molar refractivity (Wildman–Crippen MR) is 114 cm³/mol. The van der Waals surface area contributed by atoms with Gasteiger partial charge in [-0.2, -0.15) is 0 Å². The molecule has 7 nitrogen and oxygen atoms in total. The number of hydrogen-bond acceptors (Lipinski definition) is 6. The minimum atomic E-state index is -0.265. The average Bonchev–Trinajstić information content (AvgIpc) is 2.66. The predicted octanol–water partition coefficient (Wildman–Crippen LogP) is 2.63. The van der Waals surface area contributed by atoms with Gasteiger partial charge in [-0.1, -0.05) is 37.2 Å². The van der Waals surface area contributed by atoms with Crippen LogP contribution in [0.1, 0.15) is 19.0 Å². The summed E-state index contributed by atoms with van der Waals surface area (Å²) in [7, 11) is 1.58. The summed E-state index contributed by atoms with van der Waals surface area (Å²) in [6, 6.07) is 8.97. The highest BCUT2D eigenvalue weighted by atomic mass is 32.2. The first kappa shape index (κ1) is 22.0. The zero-order chi connectivity index (χ0) is 20.5. The second kappa shape index (κ2) is 10.9. The van der Waals surface area contributed by atoms with Crippen molar-refractivity contribution in [1.82, 2.24) is 14.9 Å². The Morgan fingerprint density at radius 3 is 2.75 bits per heavy atom. The Balaban J connectivity index is 1.89. The van der Waals surface area contributed by atoms with Gasteiger partial charge in [-0.3, -0.25) is 14.4 Å². The fourth-order valence-corrected chi connectivity index (χ4v) is 3.81. The number of aromatic amines is 1. The number of nitrogens with one attached hydrogen (secondary N) is 2. The van der Waals surface area contributed by atoms with E-state index in [-0.39, 0.29) is 29.7 Å². The van der Waals surface area contributed by atoms with Crippen LogP contribution in [0, 0.1) is 0 Å². The summed E-state index contributed by atoms with van der Waals surface area (Å²) in [4.78, 5) is 45.5. The summed E-state index contributed by atoms with van der Waals surface area (Å²) in [5.41, 5.74) is 1.21. The largest absolute Gasteiger partial charge is 0.336 e. The first-order valence-electron chi connectivity index (χ1n) is 8.82. The third kappa shape index (κ3) is 6.72. The topological polar surface area (TPSA) is 95.2 Å². The number of hydrogen-bond donors (Lipinski definition) is 2. The number of rotatable bonds is 9. The molecule has 0 bridgehead atoms. The molecule has 0 saturated heterocycles. The Morgan fingerprint density at radius 1 is 1.29 bits per heavy atom. The van der Waals surface area contributed by atoms with E-state index in [0.717, 1.165) is 28.8 Å². The average molecular weight is 421 g/mol. The molecule has 0 saturated carbocycles. The fourth-order valence-electron chi connectivity index (χ4n) is 2.42. The second-order valence-electron chi connectivity index (χ2n) is 6.08. The number of amides is 2. The molecule has 2 amide bonds. The van der Waals surface area contributed by atoms with E-state index >= 15 is 0 Å². The number of benzene rings is 1. The van der Waals surface area contributed by atoms with Gasteiger partial charge >= 0.3 is 0 Å². The van der Waals surface area contributed by atoms with Crippen molar-refractivity contribution in [3.63, 3.8) is 0 Å². The monoisotopic (exact) mass is 420 g/mol. The van der Waals surface area contributed by atoms with E-state index in [2.05, 4.69) is 15.3 Å². The van der Waals surface area contributed by atoms with Crippen LogP contribution in [0.5, 0.6) is 0 Å². The van der Waals surface area contributed by atoms with Crippen LogP contribution in [0.4, 0.5) is 5.69 Å². The molecule has 2 aromatic rings. The van der Waals surface area contributed by atoms with Crippen molar-refractivity contribution >= 4 is 41.0 Å². The lowest BCUT2D eigenvalue weighted by atomic mass is 10.2. The number of anilines is 1. The maximum Gasteiger partial charge on any atom is 0.251 e. The minimum absolute atomic E-state index is 0.0536. The molecule has 0 aliphatic carbocycles. The summed E-state index contributed by atoms with van der Waals surface area (Å²) in [5.74, 6) is -0.398. The third-order valence-electron chi connectivity index (χ3n) is 3.80. The van der Waals surface area contributed by atoms with Gasteiger partial charge in [0.05, 0.1) is 18.0 Å². The first-order valence-corrected chi connectivity index (χ1v) is 11.0. The Kier molecular flexibility index (Phi) is 8.59. The third-order valence-corrected chi connectivity index (χ3v) is 5.45. The van der Waals surface area contributed by atoms with Crippen LogP contribution in [-0.4, -0.2) is 52.3 Å². The van der Waals surface area contributed by atoms with Gasteiger partial charge in [0.25, 0.3) is 5.56 Å².